The molecule has 2 aromatic carbocycles. The molecule has 1 fully saturated rings. The molecule has 1 N–H and O–H groups in total. The lowest BCUT2D eigenvalue weighted by Crippen LogP contribution is -2.43. The number of rotatable bonds is 7. The molecule has 4 aromatic rings. The van der Waals surface area contributed by atoms with Gasteiger partial charge in [0.2, 0.25) is 0 Å². The number of hydrogen-bond acceptors (Lipinski definition) is 4. The predicted octanol–water partition coefficient (Wildman–Crippen LogP) is 4.33. The standard InChI is InChI=1S/C28H30N4O/c1-31-13-15-32(16-14-31)20-23-8-10-24(11-9-23)27(33)18-22-6-4-21(5-7-22)17-25-19-30-28-26(25)3-2-12-29-28/h2-12,19H,13-18,20H2,1H3,(H,29,30). The van der Waals surface area contributed by atoms with Crippen LogP contribution in [-0.4, -0.2) is 58.8 Å². The number of ketones is 1. The van der Waals surface area contributed by atoms with Crippen molar-refractivity contribution < 1.29 is 4.79 Å². The third-order valence-corrected chi connectivity index (χ3v) is 6.60. The van der Waals surface area contributed by atoms with Gasteiger partial charge in [-0.1, -0.05) is 48.5 Å². The number of piperazine rings is 1. The first-order valence-electron chi connectivity index (χ1n) is 11.7. The zero-order valence-electron chi connectivity index (χ0n) is 19.1. The summed E-state index contributed by atoms with van der Waals surface area (Å²) in [7, 11) is 2.17. The number of aromatic nitrogens is 2. The Morgan fingerprint density at radius 3 is 2.36 bits per heavy atom. The van der Waals surface area contributed by atoms with Crippen molar-refractivity contribution in [2.45, 2.75) is 19.4 Å². The molecule has 168 valence electrons. The fraction of sp³-hybridized carbons (Fsp3) is 0.286. The van der Waals surface area contributed by atoms with Crippen molar-refractivity contribution in [3.8, 4) is 0 Å². The van der Waals surface area contributed by atoms with Gasteiger partial charge in [-0.25, -0.2) is 4.98 Å². The number of H-pyrrole nitrogens is 1. The molecule has 0 radical (unpaired) electrons. The van der Waals surface area contributed by atoms with E-state index in [2.05, 4.69) is 69.3 Å². The molecule has 5 nitrogen and oxygen atoms in total. The molecule has 0 unspecified atom stereocenters. The van der Waals surface area contributed by atoms with Crippen LogP contribution in [0.2, 0.25) is 0 Å². The smallest absolute Gasteiger partial charge is 0.167 e. The third kappa shape index (κ3) is 5.21. The van der Waals surface area contributed by atoms with Crippen molar-refractivity contribution in [1.29, 1.82) is 0 Å². The average molecular weight is 439 g/mol. The Kier molecular flexibility index (Phi) is 6.33. The number of nitrogens with zero attached hydrogens (tertiary/aromatic N) is 3. The summed E-state index contributed by atoms with van der Waals surface area (Å²) in [6.07, 6.45) is 5.10. The van der Waals surface area contributed by atoms with E-state index >= 15 is 0 Å². The summed E-state index contributed by atoms with van der Waals surface area (Å²) in [4.78, 5) is 25.2. The molecule has 0 amide bonds. The molecule has 0 spiro atoms. The van der Waals surface area contributed by atoms with E-state index in [1.165, 1.54) is 16.7 Å². The molecule has 5 heteroatoms. The molecule has 0 bridgehead atoms. The summed E-state index contributed by atoms with van der Waals surface area (Å²) in [5.74, 6) is 0.164. The van der Waals surface area contributed by atoms with Crippen molar-refractivity contribution in [3.05, 3.63) is 101 Å². The van der Waals surface area contributed by atoms with Gasteiger partial charge in [-0.2, -0.15) is 0 Å². The van der Waals surface area contributed by atoms with E-state index in [9.17, 15) is 4.79 Å². The molecular formula is C28H30N4O. The molecule has 2 aromatic heterocycles. The van der Waals surface area contributed by atoms with Crippen LogP contribution in [0.25, 0.3) is 11.0 Å². The van der Waals surface area contributed by atoms with E-state index < -0.39 is 0 Å². The molecular weight excluding hydrogens is 408 g/mol. The van der Waals surface area contributed by atoms with Crippen molar-refractivity contribution >= 4 is 16.8 Å². The number of Topliss-reactive ketones (excluding diaryl/α,β-unsaturated/α-hetero) is 1. The Hall–Kier alpha value is -3.28. The molecule has 0 saturated carbocycles. The molecule has 1 aliphatic heterocycles. The summed E-state index contributed by atoms with van der Waals surface area (Å²) >= 11 is 0. The number of hydrogen-bond donors (Lipinski definition) is 1. The monoisotopic (exact) mass is 438 g/mol. The number of benzene rings is 2. The van der Waals surface area contributed by atoms with Crippen LogP contribution in [0.3, 0.4) is 0 Å². The zero-order chi connectivity index (χ0) is 22.6. The van der Waals surface area contributed by atoms with Gasteiger partial charge in [0, 0.05) is 62.5 Å². The van der Waals surface area contributed by atoms with Crippen LogP contribution in [0.15, 0.2) is 73.1 Å². The van der Waals surface area contributed by atoms with Gasteiger partial charge in [-0.3, -0.25) is 9.69 Å². The van der Waals surface area contributed by atoms with Crippen LogP contribution in [0.1, 0.15) is 32.6 Å². The summed E-state index contributed by atoms with van der Waals surface area (Å²) in [5.41, 5.74) is 6.48. The number of pyridine rings is 1. The van der Waals surface area contributed by atoms with Gasteiger partial charge in [-0.05, 0) is 47.9 Å². The van der Waals surface area contributed by atoms with Gasteiger partial charge in [0.05, 0.1) is 0 Å². The van der Waals surface area contributed by atoms with Crippen molar-refractivity contribution in [3.63, 3.8) is 0 Å². The number of nitrogens with one attached hydrogen (secondary N) is 1. The Balaban J connectivity index is 1.17. The highest BCUT2D eigenvalue weighted by atomic mass is 16.1. The predicted molar refractivity (Wildman–Crippen MR) is 133 cm³/mol. The van der Waals surface area contributed by atoms with Gasteiger partial charge in [-0.15, -0.1) is 0 Å². The lowest BCUT2D eigenvalue weighted by atomic mass is 9.99. The molecule has 33 heavy (non-hydrogen) atoms. The Morgan fingerprint density at radius 2 is 1.61 bits per heavy atom. The van der Waals surface area contributed by atoms with Gasteiger partial charge >= 0.3 is 0 Å². The van der Waals surface area contributed by atoms with Crippen LogP contribution < -0.4 is 0 Å². The van der Waals surface area contributed by atoms with Crippen LogP contribution in [-0.2, 0) is 19.4 Å². The molecule has 0 aliphatic carbocycles. The molecule has 5 rings (SSSR count). The number of fused-ring (bicyclic) bond motifs is 1. The second-order valence-electron chi connectivity index (χ2n) is 9.08. The number of aromatic amines is 1. The lowest BCUT2D eigenvalue weighted by molar-refractivity contribution is 0.0993. The second kappa shape index (κ2) is 9.69. The van der Waals surface area contributed by atoms with E-state index in [0.717, 1.165) is 61.3 Å². The minimum atomic E-state index is 0.164. The maximum Gasteiger partial charge on any atom is 0.167 e. The van der Waals surface area contributed by atoms with E-state index in [0.29, 0.717) is 6.42 Å². The van der Waals surface area contributed by atoms with Crippen molar-refractivity contribution in [2.24, 2.45) is 0 Å². The van der Waals surface area contributed by atoms with Gasteiger partial charge in [0.25, 0.3) is 0 Å². The second-order valence-corrected chi connectivity index (χ2v) is 9.08. The van der Waals surface area contributed by atoms with Crippen LogP contribution >= 0.6 is 0 Å². The maximum atomic E-state index is 12.8. The van der Waals surface area contributed by atoms with Crippen molar-refractivity contribution in [1.82, 2.24) is 19.8 Å². The van der Waals surface area contributed by atoms with E-state index in [1.807, 2.05) is 24.4 Å². The maximum absolute atomic E-state index is 12.8. The van der Waals surface area contributed by atoms with Crippen LogP contribution in [0, 0.1) is 0 Å². The SMILES string of the molecule is CN1CCN(Cc2ccc(C(=O)Cc3ccc(Cc4c[nH]c5ncccc45)cc3)cc2)CC1. The third-order valence-electron chi connectivity index (χ3n) is 6.60. The van der Waals surface area contributed by atoms with Crippen LogP contribution in [0.4, 0.5) is 0 Å². The highest BCUT2D eigenvalue weighted by Crippen LogP contribution is 2.20. The fourth-order valence-electron chi connectivity index (χ4n) is 4.50. The largest absolute Gasteiger partial charge is 0.346 e. The van der Waals surface area contributed by atoms with E-state index in [1.54, 1.807) is 6.20 Å². The minimum Gasteiger partial charge on any atom is -0.346 e. The summed E-state index contributed by atoms with van der Waals surface area (Å²) in [5, 5.41) is 1.16. The quantitative estimate of drug-likeness (QED) is 0.437. The molecule has 1 saturated heterocycles. The zero-order valence-corrected chi connectivity index (χ0v) is 19.1. The first-order valence-corrected chi connectivity index (χ1v) is 11.7. The summed E-state index contributed by atoms with van der Waals surface area (Å²) in [6.45, 7) is 5.40. The average Bonchev–Trinajstić information content (AvgIpc) is 3.25. The van der Waals surface area contributed by atoms with Crippen molar-refractivity contribution in [2.75, 3.05) is 33.2 Å². The normalized spacial score (nSPS) is 15.2. The highest BCUT2D eigenvalue weighted by Gasteiger charge is 2.14. The molecule has 3 heterocycles. The Bertz CT molecular complexity index is 1220. The minimum absolute atomic E-state index is 0.164. The number of carbonyl (C=O) groups excluding carboxylic acids is 1. The van der Waals surface area contributed by atoms with Gasteiger partial charge in [0.15, 0.2) is 5.78 Å². The molecule has 1 aliphatic rings. The Labute approximate surface area is 195 Å². The lowest BCUT2D eigenvalue weighted by Gasteiger charge is -2.32. The first kappa shape index (κ1) is 21.6. The number of likely N-dealkylation sites (N-methyl/N-ethyl adjacent to an activating group) is 1. The summed E-state index contributed by atoms with van der Waals surface area (Å²) in [6, 6.07) is 20.6. The van der Waals surface area contributed by atoms with E-state index in [4.69, 9.17) is 0 Å². The number of carbonyl (C=O) groups is 1. The van der Waals surface area contributed by atoms with E-state index in [-0.39, 0.29) is 5.78 Å². The van der Waals surface area contributed by atoms with Crippen LogP contribution in [0.5, 0.6) is 0 Å². The molecule has 0 atom stereocenters. The fourth-order valence-corrected chi connectivity index (χ4v) is 4.50. The topological polar surface area (TPSA) is 52.2 Å². The summed E-state index contributed by atoms with van der Waals surface area (Å²) < 4.78 is 0. The highest BCUT2D eigenvalue weighted by molar-refractivity contribution is 5.97. The van der Waals surface area contributed by atoms with Gasteiger partial charge in [0.1, 0.15) is 5.65 Å². The first-order chi connectivity index (χ1) is 16.1. The Morgan fingerprint density at radius 1 is 0.909 bits per heavy atom. The van der Waals surface area contributed by atoms with Gasteiger partial charge < -0.3 is 9.88 Å².